The molecule has 0 radical (unpaired) electrons. The van der Waals surface area contributed by atoms with E-state index in [1.807, 2.05) is 37.3 Å². The Hall–Kier alpha value is -2.55. The first kappa shape index (κ1) is 12.5. The molecule has 0 saturated heterocycles. The molecule has 0 aliphatic carbocycles. The molecule has 3 nitrogen and oxygen atoms in total. The molecule has 0 fully saturated rings. The minimum atomic E-state index is 0.206. The number of aromatic hydroxyl groups is 1. The number of rotatable bonds is 3. The maximum Gasteiger partial charge on any atom is 0.214 e. The van der Waals surface area contributed by atoms with Crippen LogP contribution < -0.4 is 4.74 Å². The van der Waals surface area contributed by atoms with Gasteiger partial charge in [0.05, 0.1) is 12.1 Å². The van der Waals surface area contributed by atoms with E-state index in [-0.39, 0.29) is 5.75 Å². The lowest BCUT2D eigenvalue weighted by Gasteiger charge is -2.10. The molecule has 0 atom stereocenters. The maximum atomic E-state index is 9.63. The first-order valence-electron chi connectivity index (χ1n) is 6.60. The second-order valence-corrected chi connectivity index (χ2v) is 4.51. The number of fused-ring (bicyclic) bond motifs is 1. The van der Waals surface area contributed by atoms with E-state index in [2.05, 4.69) is 17.1 Å². The summed E-state index contributed by atoms with van der Waals surface area (Å²) in [7, 11) is 0. The molecule has 0 saturated carbocycles. The van der Waals surface area contributed by atoms with Crippen molar-refractivity contribution in [2.24, 2.45) is 0 Å². The van der Waals surface area contributed by atoms with Crippen molar-refractivity contribution < 1.29 is 9.84 Å². The highest BCUT2D eigenvalue weighted by Crippen LogP contribution is 2.32. The first-order chi connectivity index (χ1) is 9.78. The fraction of sp³-hybridized carbons (Fsp3) is 0.118. The van der Waals surface area contributed by atoms with Crippen LogP contribution in [-0.2, 0) is 0 Å². The lowest BCUT2D eigenvalue weighted by Crippen LogP contribution is -1.96. The largest absolute Gasteiger partial charge is 0.508 e. The fourth-order valence-corrected chi connectivity index (χ4v) is 2.27. The lowest BCUT2D eigenvalue weighted by molar-refractivity contribution is 0.328. The minimum Gasteiger partial charge on any atom is -0.508 e. The molecule has 0 aliphatic heterocycles. The van der Waals surface area contributed by atoms with Crippen LogP contribution >= 0.6 is 0 Å². The van der Waals surface area contributed by atoms with Crippen molar-refractivity contribution in [2.45, 2.75) is 6.92 Å². The van der Waals surface area contributed by atoms with Gasteiger partial charge in [0.2, 0.25) is 5.88 Å². The standard InChI is InChI=1S/C17H15NO2/c1-2-20-17-11-15(12-6-4-3-5-7-12)14-9-8-13(19)10-16(14)18-17/h3-11,19H,2H2,1H3. The number of hydrogen-bond donors (Lipinski definition) is 1. The van der Waals surface area contributed by atoms with Crippen molar-refractivity contribution in [1.82, 2.24) is 4.98 Å². The zero-order valence-electron chi connectivity index (χ0n) is 11.2. The van der Waals surface area contributed by atoms with Gasteiger partial charge in [-0.15, -0.1) is 0 Å². The lowest BCUT2D eigenvalue weighted by atomic mass is 10.0. The Morgan fingerprint density at radius 3 is 2.60 bits per heavy atom. The number of phenolic OH excluding ortho intramolecular Hbond substituents is 1. The van der Waals surface area contributed by atoms with E-state index < -0.39 is 0 Å². The van der Waals surface area contributed by atoms with Crippen molar-refractivity contribution in [3.63, 3.8) is 0 Å². The molecule has 3 rings (SSSR count). The first-order valence-corrected chi connectivity index (χ1v) is 6.60. The molecule has 0 amide bonds. The number of nitrogens with zero attached hydrogens (tertiary/aromatic N) is 1. The summed E-state index contributed by atoms with van der Waals surface area (Å²) in [5.41, 5.74) is 2.89. The number of phenols is 1. The quantitative estimate of drug-likeness (QED) is 0.778. The Labute approximate surface area is 117 Å². The van der Waals surface area contributed by atoms with E-state index in [9.17, 15) is 5.11 Å². The number of benzene rings is 2. The Balaban J connectivity index is 2.28. The molecule has 1 aromatic heterocycles. The third-order valence-electron chi connectivity index (χ3n) is 3.15. The van der Waals surface area contributed by atoms with E-state index in [0.717, 1.165) is 22.0 Å². The Bertz CT molecular complexity index is 739. The topological polar surface area (TPSA) is 42.4 Å². The van der Waals surface area contributed by atoms with Crippen molar-refractivity contribution >= 4 is 10.9 Å². The van der Waals surface area contributed by atoms with Crippen LogP contribution in [-0.4, -0.2) is 16.7 Å². The van der Waals surface area contributed by atoms with Gasteiger partial charge in [-0.2, -0.15) is 0 Å². The molecule has 3 aromatic rings. The molecule has 20 heavy (non-hydrogen) atoms. The van der Waals surface area contributed by atoms with E-state index in [1.54, 1.807) is 12.1 Å². The average Bonchev–Trinajstić information content (AvgIpc) is 2.47. The Morgan fingerprint density at radius 1 is 1.05 bits per heavy atom. The van der Waals surface area contributed by atoms with Crippen LogP contribution in [0.2, 0.25) is 0 Å². The zero-order valence-corrected chi connectivity index (χ0v) is 11.2. The van der Waals surface area contributed by atoms with Crippen LogP contribution in [0.15, 0.2) is 54.6 Å². The zero-order chi connectivity index (χ0) is 13.9. The van der Waals surface area contributed by atoms with Crippen LogP contribution in [0, 0.1) is 0 Å². The summed E-state index contributed by atoms with van der Waals surface area (Å²) in [6.45, 7) is 2.49. The highest BCUT2D eigenvalue weighted by atomic mass is 16.5. The van der Waals surface area contributed by atoms with Gasteiger partial charge < -0.3 is 9.84 Å². The van der Waals surface area contributed by atoms with E-state index in [4.69, 9.17) is 4.74 Å². The smallest absolute Gasteiger partial charge is 0.214 e. The van der Waals surface area contributed by atoms with Gasteiger partial charge in [-0.05, 0) is 30.2 Å². The highest BCUT2D eigenvalue weighted by molar-refractivity contribution is 5.95. The average molecular weight is 265 g/mol. The predicted molar refractivity (Wildman–Crippen MR) is 80.0 cm³/mol. The van der Waals surface area contributed by atoms with E-state index in [1.165, 1.54) is 0 Å². The van der Waals surface area contributed by atoms with Crippen molar-refractivity contribution in [1.29, 1.82) is 0 Å². The molecular weight excluding hydrogens is 250 g/mol. The van der Waals surface area contributed by atoms with E-state index >= 15 is 0 Å². The molecule has 2 aromatic carbocycles. The monoisotopic (exact) mass is 265 g/mol. The molecule has 0 unspecified atom stereocenters. The number of pyridine rings is 1. The third kappa shape index (κ3) is 2.30. The Morgan fingerprint density at radius 2 is 1.85 bits per heavy atom. The van der Waals surface area contributed by atoms with Crippen LogP contribution in [0.1, 0.15) is 6.92 Å². The SMILES string of the molecule is CCOc1cc(-c2ccccc2)c2ccc(O)cc2n1. The van der Waals surface area contributed by atoms with Gasteiger partial charge in [-0.25, -0.2) is 4.98 Å². The van der Waals surface area contributed by atoms with E-state index in [0.29, 0.717) is 12.5 Å². The molecule has 100 valence electrons. The summed E-state index contributed by atoms with van der Waals surface area (Å²) < 4.78 is 5.52. The second-order valence-electron chi connectivity index (χ2n) is 4.51. The van der Waals surface area contributed by atoms with Gasteiger partial charge >= 0.3 is 0 Å². The number of ether oxygens (including phenoxy) is 1. The van der Waals surface area contributed by atoms with Gasteiger partial charge in [0.25, 0.3) is 0 Å². The summed E-state index contributed by atoms with van der Waals surface area (Å²) in [5, 5.41) is 10.6. The molecule has 0 bridgehead atoms. The summed E-state index contributed by atoms with van der Waals surface area (Å²) in [6.07, 6.45) is 0. The van der Waals surface area contributed by atoms with Gasteiger partial charge in [-0.1, -0.05) is 30.3 Å². The molecule has 1 N–H and O–H groups in total. The van der Waals surface area contributed by atoms with Gasteiger partial charge in [0.1, 0.15) is 5.75 Å². The molecule has 3 heteroatoms. The van der Waals surface area contributed by atoms with Crippen LogP contribution in [0.3, 0.4) is 0 Å². The minimum absolute atomic E-state index is 0.206. The molecule has 0 aliphatic rings. The van der Waals surface area contributed by atoms with Crippen LogP contribution in [0.5, 0.6) is 11.6 Å². The van der Waals surface area contributed by atoms with Gasteiger partial charge in [0, 0.05) is 17.5 Å². The second kappa shape index (κ2) is 5.21. The molecule has 1 heterocycles. The van der Waals surface area contributed by atoms with Crippen LogP contribution in [0.4, 0.5) is 0 Å². The Kier molecular flexibility index (Phi) is 3.25. The summed E-state index contributed by atoms with van der Waals surface area (Å²) in [5.74, 6) is 0.780. The normalized spacial score (nSPS) is 10.7. The summed E-state index contributed by atoms with van der Waals surface area (Å²) in [4.78, 5) is 4.43. The van der Waals surface area contributed by atoms with Gasteiger partial charge in [-0.3, -0.25) is 0 Å². The van der Waals surface area contributed by atoms with Crippen LogP contribution in [0.25, 0.3) is 22.0 Å². The molecular formula is C17H15NO2. The van der Waals surface area contributed by atoms with Crippen molar-refractivity contribution in [3.8, 4) is 22.8 Å². The summed E-state index contributed by atoms with van der Waals surface area (Å²) in [6, 6.07) is 17.3. The summed E-state index contributed by atoms with van der Waals surface area (Å²) >= 11 is 0. The van der Waals surface area contributed by atoms with Gasteiger partial charge in [0.15, 0.2) is 0 Å². The molecule has 0 spiro atoms. The third-order valence-corrected chi connectivity index (χ3v) is 3.15. The van der Waals surface area contributed by atoms with Crippen molar-refractivity contribution in [3.05, 3.63) is 54.6 Å². The van der Waals surface area contributed by atoms with Crippen molar-refractivity contribution in [2.75, 3.05) is 6.61 Å². The predicted octanol–water partition coefficient (Wildman–Crippen LogP) is 4.01. The number of hydrogen-bond acceptors (Lipinski definition) is 3. The maximum absolute atomic E-state index is 9.63. The number of aromatic nitrogens is 1. The fourth-order valence-electron chi connectivity index (χ4n) is 2.27. The highest BCUT2D eigenvalue weighted by Gasteiger charge is 2.09.